The van der Waals surface area contributed by atoms with Crippen LogP contribution < -0.4 is 5.43 Å². The van der Waals surface area contributed by atoms with Crippen molar-refractivity contribution in [2.75, 3.05) is 5.43 Å². The van der Waals surface area contributed by atoms with Crippen LogP contribution in [0.15, 0.2) is 59.0 Å². The fourth-order valence-corrected chi connectivity index (χ4v) is 3.13. The molecule has 0 radical (unpaired) electrons. The topological polar surface area (TPSA) is 37.3 Å². The number of hydrazone groups is 1. The van der Waals surface area contributed by atoms with E-state index >= 15 is 0 Å². The summed E-state index contributed by atoms with van der Waals surface area (Å²) in [6.45, 7) is 0. The largest absolute Gasteiger partial charge is 0.253 e. The Morgan fingerprint density at radius 3 is 2.78 bits per heavy atom. The summed E-state index contributed by atoms with van der Waals surface area (Å²) in [6, 6.07) is 15.1. The standard InChI is InChI=1S/C17H13BrFN3S/c18-9-13-7-4-8-14(16(13)19)10-20-22-17-21-15(11-23-17)12-5-2-1-3-6-12/h1-8,10-11H,9H2,(H,21,22). The van der Waals surface area contributed by atoms with E-state index in [0.717, 1.165) is 11.3 Å². The molecule has 0 amide bonds. The summed E-state index contributed by atoms with van der Waals surface area (Å²) in [5, 5.41) is 7.17. The molecule has 1 aromatic heterocycles. The van der Waals surface area contributed by atoms with Crippen molar-refractivity contribution in [1.82, 2.24) is 4.98 Å². The Hall–Kier alpha value is -2.05. The smallest absolute Gasteiger partial charge is 0.203 e. The SMILES string of the molecule is Fc1c(C=NNc2nc(-c3ccccc3)cs2)cccc1CBr. The Balaban J connectivity index is 1.71. The van der Waals surface area contributed by atoms with Gasteiger partial charge in [0.1, 0.15) is 5.82 Å². The highest BCUT2D eigenvalue weighted by Crippen LogP contribution is 2.24. The molecule has 3 aromatic rings. The van der Waals surface area contributed by atoms with Gasteiger partial charge in [-0.05, 0) is 5.56 Å². The lowest BCUT2D eigenvalue weighted by molar-refractivity contribution is 0.616. The predicted octanol–water partition coefficient (Wildman–Crippen LogP) is 5.29. The third kappa shape index (κ3) is 3.83. The molecule has 3 rings (SSSR count). The summed E-state index contributed by atoms with van der Waals surface area (Å²) in [7, 11) is 0. The van der Waals surface area contributed by atoms with Crippen molar-refractivity contribution in [3.8, 4) is 11.3 Å². The molecule has 1 heterocycles. The number of halogens is 2. The minimum Gasteiger partial charge on any atom is -0.253 e. The van der Waals surface area contributed by atoms with Crippen LogP contribution in [0.5, 0.6) is 0 Å². The molecule has 0 aliphatic heterocycles. The van der Waals surface area contributed by atoms with Gasteiger partial charge < -0.3 is 0 Å². The van der Waals surface area contributed by atoms with Gasteiger partial charge in [0.25, 0.3) is 0 Å². The number of hydrogen-bond acceptors (Lipinski definition) is 4. The number of nitrogens with zero attached hydrogens (tertiary/aromatic N) is 2. The molecule has 6 heteroatoms. The molecule has 0 fully saturated rings. The van der Waals surface area contributed by atoms with Crippen LogP contribution in [0.4, 0.5) is 9.52 Å². The van der Waals surface area contributed by atoms with Gasteiger partial charge in [0.05, 0.1) is 11.9 Å². The monoisotopic (exact) mass is 389 g/mol. The van der Waals surface area contributed by atoms with Gasteiger partial charge in [0, 0.05) is 21.8 Å². The molecule has 0 spiro atoms. The molecule has 0 unspecified atom stereocenters. The second kappa shape index (κ2) is 7.48. The van der Waals surface area contributed by atoms with Crippen molar-refractivity contribution in [1.29, 1.82) is 0 Å². The molecule has 23 heavy (non-hydrogen) atoms. The molecule has 0 saturated carbocycles. The van der Waals surface area contributed by atoms with Gasteiger partial charge in [-0.2, -0.15) is 5.10 Å². The number of rotatable bonds is 5. The van der Waals surface area contributed by atoms with Crippen LogP contribution in [-0.4, -0.2) is 11.2 Å². The second-order valence-electron chi connectivity index (χ2n) is 4.73. The molecule has 3 nitrogen and oxygen atoms in total. The molecule has 2 aromatic carbocycles. The zero-order chi connectivity index (χ0) is 16.1. The zero-order valence-corrected chi connectivity index (χ0v) is 14.4. The fraction of sp³-hybridized carbons (Fsp3) is 0.0588. The summed E-state index contributed by atoms with van der Waals surface area (Å²) in [6.07, 6.45) is 1.46. The van der Waals surface area contributed by atoms with E-state index in [4.69, 9.17) is 0 Å². The Bertz CT molecular complexity index is 818. The van der Waals surface area contributed by atoms with E-state index in [1.54, 1.807) is 18.2 Å². The lowest BCUT2D eigenvalue weighted by Crippen LogP contribution is -1.96. The summed E-state index contributed by atoms with van der Waals surface area (Å²) in [5.74, 6) is -0.265. The summed E-state index contributed by atoms with van der Waals surface area (Å²) in [5.41, 5.74) is 5.83. The van der Waals surface area contributed by atoms with Crippen LogP contribution in [0.1, 0.15) is 11.1 Å². The van der Waals surface area contributed by atoms with E-state index in [9.17, 15) is 4.39 Å². The van der Waals surface area contributed by atoms with Gasteiger partial charge in [-0.1, -0.05) is 64.5 Å². The average molecular weight is 390 g/mol. The number of aromatic nitrogens is 1. The van der Waals surface area contributed by atoms with Gasteiger partial charge >= 0.3 is 0 Å². The van der Waals surface area contributed by atoms with Gasteiger partial charge in [0.2, 0.25) is 5.13 Å². The Labute approximate surface area is 146 Å². The maximum Gasteiger partial charge on any atom is 0.203 e. The van der Waals surface area contributed by atoms with Crippen LogP contribution >= 0.6 is 27.3 Å². The van der Waals surface area contributed by atoms with Gasteiger partial charge in [-0.25, -0.2) is 9.37 Å². The minimum absolute atomic E-state index is 0.265. The van der Waals surface area contributed by atoms with Gasteiger partial charge in [-0.3, -0.25) is 5.43 Å². The quantitative estimate of drug-likeness (QED) is 0.365. The molecule has 116 valence electrons. The molecule has 0 aliphatic rings. The van der Waals surface area contributed by atoms with Crippen molar-refractivity contribution in [3.05, 3.63) is 70.9 Å². The first-order chi connectivity index (χ1) is 11.3. The number of benzene rings is 2. The first-order valence-corrected chi connectivity index (χ1v) is 8.91. The van der Waals surface area contributed by atoms with Crippen LogP contribution in [0.25, 0.3) is 11.3 Å². The predicted molar refractivity (Wildman–Crippen MR) is 97.8 cm³/mol. The number of anilines is 1. The summed E-state index contributed by atoms with van der Waals surface area (Å²) < 4.78 is 14.1. The number of hydrogen-bond donors (Lipinski definition) is 1. The Morgan fingerprint density at radius 1 is 1.17 bits per heavy atom. The van der Waals surface area contributed by atoms with Crippen molar-refractivity contribution in [2.45, 2.75) is 5.33 Å². The lowest BCUT2D eigenvalue weighted by Gasteiger charge is -2.01. The van der Waals surface area contributed by atoms with E-state index in [-0.39, 0.29) is 5.82 Å². The first-order valence-electron chi connectivity index (χ1n) is 6.91. The average Bonchev–Trinajstić information content (AvgIpc) is 3.06. The normalized spacial score (nSPS) is 11.0. The fourth-order valence-electron chi connectivity index (χ4n) is 2.03. The molecule has 0 aliphatic carbocycles. The molecule has 0 saturated heterocycles. The van der Waals surface area contributed by atoms with Crippen LogP contribution in [0.2, 0.25) is 0 Å². The van der Waals surface area contributed by atoms with E-state index < -0.39 is 0 Å². The van der Waals surface area contributed by atoms with E-state index in [1.165, 1.54) is 17.6 Å². The van der Waals surface area contributed by atoms with Crippen LogP contribution in [-0.2, 0) is 5.33 Å². The maximum atomic E-state index is 14.1. The number of nitrogens with one attached hydrogen (secondary N) is 1. The number of thiazole rings is 1. The Morgan fingerprint density at radius 2 is 2.00 bits per heavy atom. The highest BCUT2D eigenvalue weighted by Gasteiger charge is 2.05. The summed E-state index contributed by atoms with van der Waals surface area (Å²) >= 11 is 4.72. The summed E-state index contributed by atoms with van der Waals surface area (Å²) in [4.78, 5) is 4.46. The maximum absolute atomic E-state index is 14.1. The lowest BCUT2D eigenvalue weighted by atomic mass is 10.1. The first kappa shape index (κ1) is 15.8. The molecule has 0 bridgehead atoms. The van der Waals surface area contributed by atoms with Crippen molar-refractivity contribution < 1.29 is 4.39 Å². The minimum atomic E-state index is -0.265. The molecular weight excluding hydrogens is 377 g/mol. The highest BCUT2D eigenvalue weighted by molar-refractivity contribution is 9.08. The van der Waals surface area contributed by atoms with E-state index in [0.29, 0.717) is 21.6 Å². The molecule has 1 N–H and O–H groups in total. The van der Waals surface area contributed by atoms with Gasteiger partial charge in [-0.15, -0.1) is 11.3 Å². The highest BCUT2D eigenvalue weighted by atomic mass is 79.9. The number of alkyl halides is 1. The van der Waals surface area contributed by atoms with Gasteiger partial charge in [0.15, 0.2) is 0 Å². The van der Waals surface area contributed by atoms with E-state index in [2.05, 4.69) is 31.4 Å². The van der Waals surface area contributed by atoms with Crippen molar-refractivity contribution in [3.63, 3.8) is 0 Å². The molecular formula is C17H13BrFN3S. The van der Waals surface area contributed by atoms with Crippen molar-refractivity contribution >= 4 is 38.6 Å². The zero-order valence-electron chi connectivity index (χ0n) is 12.0. The second-order valence-corrected chi connectivity index (χ2v) is 6.15. The van der Waals surface area contributed by atoms with Crippen LogP contribution in [0, 0.1) is 5.82 Å². The Kier molecular flexibility index (Phi) is 5.15. The third-order valence-electron chi connectivity index (χ3n) is 3.19. The third-order valence-corrected chi connectivity index (χ3v) is 4.54. The van der Waals surface area contributed by atoms with Crippen molar-refractivity contribution in [2.24, 2.45) is 5.10 Å². The molecule has 0 atom stereocenters. The van der Waals surface area contributed by atoms with Crippen LogP contribution in [0.3, 0.4) is 0 Å². The van der Waals surface area contributed by atoms with E-state index in [1.807, 2.05) is 35.7 Å².